The first-order valence-corrected chi connectivity index (χ1v) is 11.1. The standard InChI is InChI=1S/C23H31N5O4/c1-4-22(29)27-11-9-26(10-12-27)8-6-24-21-15-18-17-14-20(32-3)19(31-2)13-16(17)5-7-28(18)23(30)25-21/h13-15H,4-12H2,1-3H3,(H,24,25,30). The molecule has 3 heterocycles. The first-order chi connectivity index (χ1) is 15.5. The molecule has 1 fully saturated rings. The Morgan fingerprint density at radius 3 is 2.47 bits per heavy atom. The maximum atomic E-state index is 12.7. The molecule has 0 spiro atoms. The van der Waals surface area contributed by atoms with E-state index in [0.717, 1.165) is 56.0 Å². The Hall–Kier alpha value is -3.07. The van der Waals surface area contributed by atoms with Crippen molar-refractivity contribution in [2.45, 2.75) is 26.3 Å². The van der Waals surface area contributed by atoms with Gasteiger partial charge in [-0.25, -0.2) is 4.79 Å². The fourth-order valence-electron chi connectivity index (χ4n) is 4.42. The molecule has 0 bridgehead atoms. The zero-order valence-corrected chi connectivity index (χ0v) is 19.0. The highest BCUT2D eigenvalue weighted by molar-refractivity contribution is 5.76. The number of piperazine rings is 1. The van der Waals surface area contributed by atoms with E-state index in [9.17, 15) is 9.59 Å². The van der Waals surface area contributed by atoms with Crippen LogP contribution in [-0.4, -0.2) is 78.7 Å². The Balaban J connectivity index is 1.45. The number of aromatic nitrogens is 2. The molecule has 32 heavy (non-hydrogen) atoms. The third-order valence-electron chi connectivity index (χ3n) is 6.26. The molecular formula is C23H31N5O4. The molecule has 0 saturated carbocycles. The zero-order chi connectivity index (χ0) is 22.7. The van der Waals surface area contributed by atoms with Crippen LogP contribution in [-0.2, 0) is 17.8 Å². The summed E-state index contributed by atoms with van der Waals surface area (Å²) in [5.74, 6) is 2.12. The molecule has 1 N–H and O–H groups in total. The van der Waals surface area contributed by atoms with Crippen LogP contribution in [0, 0.1) is 0 Å². The van der Waals surface area contributed by atoms with Crippen LogP contribution in [0.1, 0.15) is 18.9 Å². The topological polar surface area (TPSA) is 88.9 Å². The second kappa shape index (κ2) is 9.60. The summed E-state index contributed by atoms with van der Waals surface area (Å²) in [5, 5.41) is 3.31. The lowest BCUT2D eigenvalue weighted by Gasteiger charge is -2.34. The first-order valence-electron chi connectivity index (χ1n) is 11.1. The van der Waals surface area contributed by atoms with E-state index in [-0.39, 0.29) is 11.6 Å². The van der Waals surface area contributed by atoms with Crippen LogP contribution in [0.5, 0.6) is 11.5 Å². The van der Waals surface area contributed by atoms with Crippen molar-refractivity contribution in [3.63, 3.8) is 0 Å². The Labute approximate surface area is 187 Å². The number of benzene rings is 1. The van der Waals surface area contributed by atoms with Crippen LogP contribution in [0.25, 0.3) is 11.3 Å². The number of methoxy groups -OCH3 is 2. The van der Waals surface area contributed by atoms with E-state index in [2.05, 4.69) is 15.2 Å². The van der Waals surface area contributed by atoms with Gasteiger partial charge in [0.1, 0.15) is 5.82 Å². The number of aryl methyl sites for hydroxylation is 1. The second-order valence-electron chi connectivity index (χ2n) is 8.08. The monoisotopic (exact) mass is 441 g/mol. The van der Waals surface area contributed by atoms with Crippen molar-refractivity contribution < 1.29 is 14.3 Å². The van der Waals surface area contributed by atoms with Crippen molar-refractivity contribution in [2.75, 3.05) is 58.8 Å². The molecule has 2 aliphatic heterocycles. The summed E-state index contributed by atoms with van der Waals surface area (Å²) >= 11 is 0. The van der Waals surface area contributed by atoms with Gasteiger partial charge in [0.05, 0.1) is 19.9 Å². The van der Waals surface area contributed by atoms with Gasteiger partial charge >= 0.3 is 5.69 Å². The minimum absolute atomic E-state index is 0.219. The summed E-state index contributed by atoms with van der Waals surface area (Å²) in [6.45, 7) is 7.26. The number of carbonyl (C=O) groups is 1. The summed E-state index contributed by atoms with van der Waals surface area (Å²) in [4.78, 5) is 33.0. The van der Waals surface area contributed by atoms with E-state index < -0.39 is 0 Å². The fraction of sp³-hybridized carbons (Fsp3) is 0.522. The van der Waals surface area contributed by atoms with Gasteiger partial charge in [0.15, 0.2) is 11.5 Å². The quantitative estimate of drug-likeness (QED) is 0.696. The molecule has 9 nitrogen and oxygen atoms in total. The van der Waals surface area contributed by atoms with Crippen molar-refractivity contribution in [1.29, 1.82) is 0 Å². The number of amides is 1. The average molecular weight is 442 g/mol. The fourth-order valence-corrected chi connectivity index (χ4v) is 4.42. The van der Waals surface area contributed by atoms with E-state index in [1.54, 1.807) is 18.8 Å². The summed E-state index contributed by atoms with van der Waals surface area (Å²) < 4.78 is 12.6. The van der Waals surface area contributed by atoms with Crippen molar-refractivity contribution in [1.82, 2.24) is 19.4 Å². The van der Waals surface area contributed by atoms with Crippen LogP contribution in [0.2, 0.25) is 0 Å². The second-order valence-corrected chi connectivity index (χ2v) is 8.08. The minimum atomic E-state index is -0.253. The lowest BCUT2D eigenvalue weighted by molar-refractivity contribution is -0.132. The van der Waals surface area contributed by atoms with Gasteiger partial charge in [0, 0.05) is 63.9 Å². The molecule has 0 radical (unpaired) electrons. The van der Waals surface area contributed by atoms with Crippen LogP contribution in [0.3, 0.4) is 0 Å². The molecule has 2 aliphatic rings. The molecule has 172 valence electrons. The van der Waals surface area contributed by atoms with E-state index in [1.807, 2.05) is 30.0 Å². The van der Waals surface area contributed by atoms with Gasteiger partial charge in [0.2, 0.25) is 5.91 Å². The Morgan fingerprint density at radius 1 is 1.06 bits per heavy atom. The Morgan fingerprint density at radius 2 is 1.78 bits per heavy atom. The molecule has 0 aliphatic carbocycles. The predicted octanol–water partition coefficient (Wildman–Crippen LogP) is 1.45. The van der Waals surface area contributed by atoms with Crippen LogP contribution >= 0.6 is 0 Å². The van der Waals surface area contributed by atoms with Crippen LogP contribution < -0.4 is 20.5 Å². The van der Waals surface area contributed by atoms with Gasteiger partial charge in [-0.1, -0.05) is 6.92 Å². The van der Waals surface area contributed by atoms with E-state index in [1.165, 1.54) is 0 Å². The van der Waals surface area contributed by atoms with Gasteiger partial charge in [-0.2, -0.15) is 4.98 Å². The van der Waals surface area contributed by atoms with Gasteiger partial charge in [-0.3, -0.25) is 14.3 Å². The third kappa shape index (κ3) is 4.43. The van der Waals surface area contributed by atoms with Crippen LogP contribution in [0.4, 0.5) is 5.82 Å². The molecular weight excluding hydrogens is 410 g/mol. The van der Waals surface area contributed by atoms with E-state index in [4.69, 9.17) is 9.47 Å². The third-order valence-corrected chi connectivity index (χ3v) is 6.26. The van der Waals surface area contributed by atoms with Crippen molar-refractivity contribution in [3.05, 3.63) is 34.2 Å². The maximum absolute atomic E-state index is 12.7. The van der Waals surface area contributed by atoms with E-state index >= 15 is 0 Å². The lowest BCUT2D eigenvalue weighted by Crippen LogP contribution is -2.49. The van der Waals surface area contributed by atoms with Gasteiger partial charge in [-0.15, -0.1) is 0 Å². The number of anilines is 1. The molecule has 1 aromatic carbocycles. The largest absolute Gasteiger partial charge is 0.493 e. The summed E-state index contributed by atoms with van der Waals surface area (Å²) in [7, 11) is 3.23. The minimum Gasteiger partial charge on any atom is -0.493 e. The first kappa shape index (κ1) is 22.1. The molecule has 2 aromatic rings. The number of carbonyl (C=O) groups excluding carboxylic acids is 1. The summed E-state index contributed by atoms with van der Waals surface area (Å²) in [6.07, 6.45) is 1.30. The van der Waals surface area contributed by atoms with Gasteiger partial charge in [0.25, 0.3) is 0 Å². The van der Waals surface area contributed by atoms with Crippen molar-refractivity contribution >= 4 is 11.7 Å². The number of rotatable bonds is 7. The number of ether oxygens (including phenoxy) is 2. The molecule has 1 amide bonds. The number of nitrogens with zero attached hydrogens (tertiary/aromatic N) is 4. The maximum Gasteiger partial charge on any atom is 0.349 e. The Bertz CT molecular complexity index is 1040. The van der Waals surface area contributed by atoms with E-state index in [0.29, 0.717) is 36.8 Å². The highest BCUT2D eigenvalue weighted by Crippen LogP contribution is 2.38. The number of fused-ring (bicyclic) bond motifs is 3. The van der Waals surface area contributed by atoms with Gasteiger partial charge < -0.3 is 19.7 Å². The Kier molecular flexibility index (Phi) is 6.64. The molecule has 1 aromatic heterocycles. The SMILES string of the molecule is CCC(=O)N1CCN(CCNc2cc3n(c(=O)n2)CCc2cc(OC)c(OC)cc2-3)CC1. The van der Waals surface area contributed by atoms with Crippen molar-refractivity contribution in [2.24, 2.45) is 0 Å². The molecule has 0 atom stereocenters. The van der Waals surface area contributed by atoms with Crippen molar-refractivity contribution in [3.8, 4) is 22.8 Å². The highest BCUT2D eigenvalue weighted by atomic mass is 16.5. The van der Waals surface area contributed by atoms with Gasteiger partial charge in [-0.05, 0) is 24.1 Å². The summed E-state index contributed by atoms with van der Waals surface area (Å²) in [5.41, 5.74) is 2.67. The lowest BCUT2D eigenvalue weighted by atomic mass is 9.97. The molecule has 1 saturated heterocycles. The average Bonchev–Trinajstić information content (AvgIpc) is 2.83. The predicted molar refractivity (Wildman–Crippen MR) is 123 cm³/mol. The van der Waals surface area contributed by atoms with Crippen LogP contribution in [0.15, 0.2) is 23.0 Å². The molecule has 0 unspecified atom stereocenters. The zero-order valence-electron chi connectivity index (χ0n) is 19.0. The highest BCUT2D eigenvalue weighted by Gasteiger charge is 2.22. The smallest absolute Gasteiger partial charge is 0.349 e. The number of nitrogens with one attached hydrogen (secondary N) is 1. The molecule has 4 rings (SSSR count). The summed E-state index contributed by atoms with van der Waals surface area (Å²) in [6, 6.07) is 5.85. The number of hydrogen-bond acceptors (Lipinski definition) is 7. The normalized spacial score (nSPS) is 15.7. The number of hydrogen-bond donors (Lipinski definition) is 1. The molecule has 9 heteroatoms.